The van der Waals surface area contributed by atoms with E-state index < -0.39 is 10.0 Å². The second-order valence-corrected chi connectivity index (χ2v) is 8.12. The van der Waals surface area contributed by atoms with E-state index in [1.807, 2.05) is 49.4 Å². The van der Waals surface area contributed by atoms with Gasteiger partial charge in [0.15, 0.2) is 0 Å². The molecule has 2 aromatic carbocycles. The Bertz CT molecular complexity index is 757. The Morgan fingerprint density at radius 2 is 1.79 bits per heavy atom. The zero-order chi connectivity index (χ0) is 17.0. The highest BCUT2D eigenvalue weighted by Gasteiger charge is 2.35. The van der Waals surface area contributed by atoms with Crippen molar-refractivity contribution in [3.8, 4) is 0 Å². The van der Waals surface area contributed by atoms with Crippen molar-refractivity contribution in [2.24, 2.45) is 0 Å². The third-order valence-corrected chi connectivity index (χ3v) is 6.34. The van der Waals surface area contributed by atoms with E-state index in [4.69, 9.17) is 4.74 Å². The number of aryl methyl sites for hydroxylation is 1. The van der Waals surface area contributed by atoms with Crippen molar-refractivity contribution in [3.63, 3.8) is 0 Å². The SMILES string of the molecule is Cc1ccc(S(=O)(=O)N2CCCC2COCc2ccccc2)cc1. The lowest BCUT2D eigenvalue weighted by atomic mass is 10.2. The van der Waals surface area contributed by atoms with Crippen molar-refractivity contribution < 1.29 is 13.2 Å². The standard InChI is InChI=1S/C19H23NO3S/c1-16-9-11-19(12-10-16)24(21,22)20-13-5-8-18(20)15-23-14-17-6-3-2-4-7-17/h2-4,6-7,9-12,18H,5,8,13-15H2,1H3. The number of rotatable bonds is 6. The highest BCUT2D eigenvalue weighted by Crippen LogP contribution is 2.26. The van der Waals surface area contributed by atoms with Gasteiger partial charge in [-0.15, -0.1) is 0 Å². The largest absolute Gasteiger partial charge is 0.375 e. The van der Waals surface area contributed by atoms with Gasteiger partial charge in [0.2, 0.25) is 10.0 Å². The minimum Gasteiger partial charge on any atom is -0.375 e. The van der Waals surface area contributed by atoms with E-state index in [0.29, 0.717) is 24.7 Å². The van der Waals surface area contributed by atoms with Crippen LogP contribution in [0.2, 0.25) is 0 Å². The van der Waals surface area contributed by atoms with E-state index >= 15 is 0 Å². The minimum atomic E-state index is -3.45. The molecular weight excluding hydrogens is 322 g/mol. The topological polar surface area (TPSA) is 46.6 Å². The van der Waals surface area contributed by atoms with E-state index in [0.717, 1.165) is 24.0 Å². The highest BCUT2D eigenvalue weighted by atomic mass is 32.2. The maximum Gasteiger partial charge on any atom is 0.243 e. The highest BCUT2D eigenvalue weighted by molar-refractivity contribution is 7.89. The molecule has 1 fully saturated rings. The Kier molecular flexibility index (Phi) is 5.33. The molecule has 0 bridgehead atoms. The van der Waals surface area contributed by atoms with Crippen molar-refractivity contribution in [2.75, 3.05) is 13.2 Å². The Hall–Kier alpha value is -1.69. The molecule has 0 amide bonds. The molecule has 4 nitrogen and oxygen atoms in total. The predicted octanol–water partition coefficient (Wildman–Crippen LogP) is 3.36. The van der Waals surface area contributed by atoms with Crippen molar-refractivity contribution >= 4 is 10.0 Å². The summed E-state index contributed by atoms with van der Waals surface area (Å²) in [6.45, 7) is 3.46. The Morgan fingerprint density at radius 1 is 1.08 bits per heavy atom. The fourth-order valence-corrected chi connectivity index (χ4v) is 4.70. The predicted molar refractivity (Wildman–Crippen MR) is 94.2 cm³/mol. The molecule has 128 valence electrons. The van der Waals surface area contributed by atoms with Gasteiger partial charge in [-0.25, -0.2) is 8.42 Å². The van der Waals surface area contributed by atoms with E-state index in [-0.39, 0.29) is 6.04 Å². The van der Waals surface area contributed by atoms with Crippen molar-refractivity contribution in [3.05, 3.63) is 65.7 Å². The molecule has 1 unspecified atom stereocenters. The second kappa shape index (κ2) is 7.47. The summed E-state index contributed by atoms with van der Waals surface area (Å²) in [5, 5.41) is 0. The summed E-state index contributed by atoms with van der Waals surface area (Å²) >= 11 is 0. The van der Waals surface area contributed by atoms with Crippen LogP contribution in [0.3, 0.4) is 0 Å². The lowest BCUT2D eigenvalue weighted by Crippen LogP contribution is -2.38. The number of hydrogen-bond acceptors (Lipinski definition) is 3. The lowest BCUT2D eigenvalue weighted by molar-refractivity contribution is 0.0873. The van der Waals surface area contributed by atoms with Crippen LogP contribution in [-0.4, -0.2) is 31.9 Å². The molecule has 0 radical (unpaired) electrons. The molecule has 0 aromatic heterocycles. The molecule has 1 aliphatic heterocycles. The van der Waals surface area contributed by atoms with Gasteiger partial charge < -0.3 is 4.74 Å². The van der Waals surface area contributed by atoms with Crippen molar-refractivity contribution in [2.45, 2.75) is 37.3 Å². The molecule has 1 heterocycles. The second-order valence-electron chi connectivity index (χ2n) is 6.23. The molecule has 0 saturated carbocycles. The number of sulfonamides is 1. The van der Waals surface area contributed by atoms with Crippen LogP contribution in [0.5, 0.6) is 0 Å². The molecule has 24 heavy (non-hydrogen) atoms. The van der Waals surface area contributed by atoms with Crippen molar-refractivity contribution in [1.82, 2.24) is 4.31 Å². The first-order valence-electron chi connectivity index (χ1n) is 8.27. The molecule has 1 aliphatic rings. The van der Waals surface area contributed by atoms with E-state index in [9.17, 15) is 8.42 Å². The first kappa shape index (κ1) is 17.1. The third-order valence-electron chi connectivity index (χ3n) is 4.37. The zero-order valence-corrected chi connectivity index (χ0v) is 14.7. The summed E-state index contributed by atoms with van der Waals surface area (Å²) in [5.74, 6) is 0. The Balaban J connectivity index is 1.65. The number of hydrogen-bond donors (Lipinski definition) is 0. The van der Waals surface area contributed by atoms with Crippen LogP contribution in [0.25, 0.3) is 0 Å². The van der Waals surface area contributed by atoms with Gasteiger partial charge in [-0.05, 0) is 37.5 Å². The molecular formula is C19H23NO3S. The number of benzene rings is 2. The monoisotopic (exact) mass is 345 g/mol. The van der Waals surface area contributed by atoms with Crippen LogP contribution in [0.15, 0.2) is 59.5 Å². The first-order chi connectivity index (χ1) is 11.6. The maximum atomic E-state index is 12.9. The van der Waals surface area contributed by atoms with Crippen molar-refractivity contribution in [1.29, 1.82) is 0 Å². The fraction of sp³-hybridized carbons (Fsp3) is 0.368. The van der Waals surface area contributed by atoms with Crippen LogP contribution in [0.4, 0.5) is 0 Å². The minimum absolute atomic E-state index is 0.0833. The molecule has 1 saturated heterocycles. The van der Waals surface area contributed by atoms with Crippen LogP contribution < -0.4 is 0 Å². The lowest BCUT2D eigenvalue weighted by Gasteiger charge is -2.24. The van der Waals surface area contributed by atoms with Gasteiger partial charge in [-0.3, -0.25) is 0 Å². The van der Waals surface area contributed by atoms with Gasteiger partial charge in [0, 0.05) is 12.6 Å². The van der Waals surface area contributed by atoms with Crippen LogP contribution in [-0.2, 0) is 21.4 Å². The Labute approximate surface area is 144 Å². The molecule has 5 heteroatoms. The van der Waals surface area contributed by atoms with Crippen LogP contribution in [0, 0.1) is 6.92 Å². The first-order valence-corrected chi connectivity index (χ1v) is 9.71. The quantitative estimate of drug-likeness (QED) is 0.806. The van der Waals surface area contributed by atoms with Gasteiger partial charge in [0.05, 0.1) is 18.1 Å². The molecule has 0 aliphatic carbocycles. The molecule has 2 aromatic rings. The molecule has 0 N–H and O–H groups in total. The van der Waals surface area contributed by atoms with Gasteiger partial charge in [-0.1, -0.05) is 48.0 Å². The Morgan fingerprint density at radius 3 is 2.50 bits per heavy atom. The molecule has 1 atom stereocenters. The average molecular weight is 345 g/mol. The van der Waals surface area contributed by atoms with Gasteiger partial charge in [0.1, 0.15) is 0 Å². The summed E-state index contributed by atoms with van der Waals surface area (Å²) in [7, 11) is -3.45. The molecule has 3 rings (SSSR count). The van der Waals surface area contributed by atoms with Gasteiger partial charge in [-0.2, -0.15) is 4.31 Å². The van der Waals surface area contributed by atoms with E-state index in [1.54, 1.807) is 16.4 Å². The third kappa shape index (κ3) is 3.86. The average Bonchev–Trinajstić information content (AvgIpc) is 3.06. The maximum absolute atomic E-state index is 12.9. The smallest absolute Gasteiger partial charge is 0.243 e. The summed E-state index contributed by atoms with van der Waals surface area (Å²) in [6.07, 6.45) is 1.73. The summed E-state index contributed by atoms with van der Waals surface area (Å²) in [5.41, 5.74) is 2.15. The fourth-order valence-electron chi connectivity index (χ4n) is 3.02. The van der Waals surface area contributed by atoms with E-state index in [1.165, 1.54) is 0 Å². The summed E-state index contributed by atoms with van der Waals surface area (Å²) in [4.78, 5) is 0.364. The van der Waals surface area contributed by atoms with Crippen LogP contribution in [0.1, 0.15) is 24.0 Å². The number of nitrogens with zero attached hydrogens (tertiary/aromatic N) is 1. The molecule has 0 spiro atoms. The zero-order valence-electron chi connectivity index (χ0n) is 13.9. The summed E-state index contributed by atoms with van der Waals surface area (Å²) in [6, 6.07) is 16.9. The van der Waals surface area contributed by atoms with E-state index in [2.05, 4.69) is 0 Å². The summed E-state index contributed by atoms with van der Waals surface area (Å²) < 4.78 is 33.1. The number of ether oxygens (including phenoxy) is 1. The van der Waals surface area contributed by atoms with Gasteiger partial charge in [0.25, 0.3) is 0 Å². The normalized spacial score (nSPS) is 18.8. The van der Waals surface area contributed by atoms with Gasteiger partial charge >= 0.3 is 0 Å². The van der Waals surface area contributed by atoms with Crippen LogP contribution >= 0.6 is 0 Å².